The lowest BCUT2D eigenvalue weighted by Crippen LogP contribution is -2.21. The second-order valence-electron chi connectivity index (χ2n) is 8.12. The standard InChI is InChI=1S/C23H22F4N4O3S/c1-12(2)14-8-9-17(24)18(10-14)34-22-19(13(3)20(30-31-22)23(25,26)27)21(32)29-15-6-5-7-16(11-15)35(4,28)33/h5-12,28H,1-4H3,(H,29,32). The van der Waals surface area contributed by atoms with Crippen LogP contribution in [0.1, 0.15) is 46.9 Å². The van der Waals surface area contributed by atoms with E-state index in [9.17, 15) is 26.6 Å². The van der Waals surface area contributed by atoms with E-state index >= 15 is 0 Å². The van der Waals surface area contributed by atoms with Crippen LogP contribution in [0.25, 0.3) is 0 Å². The maximum absolute atomic E-state index is 14.4. The van der Waals surface area contributed by atoms with Crippen molar-refractivity contribution in [1.82, 2.24) is 10.2 Å². The van der Waals surface area contributed by atoms with E-state index in [0.717, 1.165) is 13.0 Å². The fraction of sp³-hybridized carbons (Fsp3) is 0.261. The number of aromatic nitrogens is 2. The van der Waals surface area contributed by atoms with Gasteiger partial charge < -0.3 is 10.1 Å². The second kappa shape index (κ2) is 9.61. The number of alkyl halides is 3. The van der Waals surface area contributed by atoms with Gasteiger partial charge in [-0.1, -0.05) is 26.0 Å². The van der Waals surface area contributed by atoms with Crippen LogP contribution in [0.15, 0.2) is 47.4 Å². The zero-order chi connectivity index (χ0) is 26.1. The summed E-state index contributed by atoms with van der Waals surface area (Å²) in [6, 6.07) is 9.59. The van der Waals surface area contributed by atoms with Crippen LogP contribution in [-0.2, 0) is 15.9 Å². The number of hydrogen-bond donors (Lipinski definition) is 2. The van der Waals surface area contributed by atoms with Crippen LogP contribution in [0.2, 0.25) is 0 Å². The average molecular weight is 511 g/mol. The summed E-state index contributed by atoms with van der Waals surface area (Å²) in [6.45, 7) is 4.74. The molecule has 186 valence electrons. The molecule has 1 atom stereocenters. The highest BCUT2D eigenvalue weighted by atomic mass is 32.2. The van der Waals surface area contributed by atoms with Crippen molar-refractivity contribution in [2.75, 3.05) is 11.6 Å². The summed E-state index contributed by atoms with van der Waals surface area (Å²) < 4.78 is 80.0. The Bertz CT molecular complexity index is 1390. The molecule has 0 aliphatic heterocycles. The lowest BCUT2D eigenvalue weighted by atomic mass is 10.0. The minimum absolute atomic E-state index is 0.000661. The molecule has 0 saturated heterocycles. The Labute approximate surface area is 199 Å². The molecule has 0 aliphatic rings. The summed E-state index contributed by atoms with van der Waals surface area (Å²) >= 11 is 0. The van der Waals surface area contributed by atoms with Crippen molar-refractivity contribution in [3.05, 3.63) is 70.7 Å². The van der Waals surface area contributed by atoms with E-state index in [2.05, 4.69) is 15.5 Å². The number of carbonyl (C=O) groups is 1. The molecule has 2 aromatic carbocycles. The number of nitrogens with zero attached hydrogens (tertiary/aromatic N) is 2. The van der Waals surface area contributed by atoms with Crippen LogP contribution in [0.4, 0.5) is 23.2 Å². The van der Waals surface area contributed by atoms with Crippen LogP contribution < -0.4 is 10.1 Å². The molecule has 0 aliphatic carbocycles. The van der Waals surface area contributed by atoms with Crippen molar-refractivity contribution < 1.29 is 31.3 Å². The fourth-order valence-corrected chi connectivity index (χ4v) is 3.87. The van der Waals surface area contributed by atoms with E-state index in [1.54, 1.807) is 0 Å². The zero-order valence-electron chi connectivity index (χ0n) is 19.2. The van der Waals surface area contributed by atoms with Crippen molar-refractivity contribution in [2.24, 2.45) is 0 Å². The highest BCUT2D eigenvalue weighted by molar-refractivity contribution is 7.91. The van der Waals surface area contributed by atoms with Crippen molar-refractivity contribution in [2.45, 2.75) is 37.8 Å². The monoisotopic (exact) mass is 510 g/mol. The molecule has 1 unspecified atom stereocenters. The van der Waals surface area contributed by atoms with Crippen LogP contribution >= 0.6 is 0 Å². The molecule has 1 amide bonds. The summed E-state index contributed by atoms with van der Waals surface area (Å²) in [5.41, 5.74) is -1.80. The number of rotatable bonds is 6. The zero-order valence-corrected chi connectivity index (χ0v) is 20.0. The second-order valence-corrected chi connectivity index (χ2v) is 10.3. The van der Waals surface area contributed by atoms with Crippen molar-refractivity contribution >= 4 is 21.3 Å². The number of ether oxygens (including phenoxy) is 1. The molecule has 0 fully saturated rings. The third-order valence-electron chi connectivity index (χ3n) is 5.05. The lowest BCUT2D eigenvalue weighted by molar-refractivity contribution is -0.142. The topological polar surface area (TPSA) is 105 Å². The van der Waals surface area contributed by atoms with E-state index in [0.29, 0.717) is 5.56 Å². The normalized spacial score (nSPS) is 13.4. The van der Waals surface area contributed by atoms with Gasteiger partial charge in [-0.2, -0.15) is 13.2 Å². The minimum atomic E-state index is -4.91. The van der Waals surface area contributed by atoms with Gasteiger partial charge in [0, 0.05) is 16.8 Å². The molecule has 3 rings (SSSR count). The molecule has 1 heterocycles. The molecule has 35 heavy (non-hydrogen) atoms. The largest absolute Gasteiger partial charge is 0.435 e. The van der Waals surface area contributed by atoms with Crippen LogP contribution in [0.5, 0.6) is 11.6 Å². The molecule has 0 spiro atoms. The average Bonchev–Trinajstić information content (AvgIpc) is 2.73. The van der Waals surface area contributed by atoms with E-state index in [-0.39, 0.29) is 22.3 Å². The van der Waals surface area contributed by atoms with Crippen LogP contribution in [-0.4, -0.2) is 26.6 Å². The van der Waals surface area contributed by atoms with Gasteiger partial charge in [-0.05, 0) is 54.3 Å². The molecule has 0 saturated carbocycles. The summed E-state index contributed by atoms with van der Waals surface area (Å²) in [6.07, 6.45) is -3.72. The maximum Gasteiger partial charge on any atom is 0.435 e. The van der Waals surface area contributed by atoms with Gasteiger partial charge in [0.05, 0.1) is 9.73 Å². The van der Waals surface area contributed by atoms with Crippen molar-refractivity contribution in [3.63, 3.8) is 0 Å². The Hall–Kier alpha value is -3.54. The van der Waals surface area contributed by atoms with Gasteiger partial charge >= 0.3 is 6.18 Å². The maximum atomic E-state index is 14.4. The number of amides is 1. The van der Waals surface area contributed by atoms with E-state index in [4.69, 9.17) is 9.52 Å². The highest BCUT2D eigenvalue weighted by Crippen LogP contribution is 2.36. The van der Waals surface area contributed by atoms with Gasteiger partial charge in [0.1, 0.15) is 5.56 Å². The Morgan fingerprint density at radius 3 is 2.43 bits per heavy atom. The number of anilines is 1. The van der Waals surface area contributed by atoms with Crippen LogP contribution in [0.3, 0.4) is 0 Å². The number of nitrogens with one attached hydrogen (secondary N) is 2. The molecule has 7 nitrogen and oxygen atoms in total. The van der Waals surface area contributed by atoms with Crippen molar-refractivity contribution in [3.8, 4) is 11.6 Å². The number of halogens is 4. The predicted octanol–water partition coefficient (Wildman–Crippen LogP) is 6.15. The van der Waals surface area contributed by atoms with Gasteiger partial charge in [-0.15, -0.1) is 10.2 Å². The Morgan fingerprint density at radius 2 is 1.83 bits per heavy atom. The number of benzene rings is 2. The van der Waals surface area contributed by atoms with Crippen LogP contribution in [0, 0.1) is 17.5 Å². The summed E-state index contributed by atoms with van der Waals surface area (Å²) in [5, 5.41) is 9.01. The fourth-order valence-electron chi connectivity index (χ4n) is 3.18. The summed E-state index contributed by atoms with van der Waals surface area (Å²) in [7, 11) is -3.11. The van der Waals surface area contributed by atoms with E-state index < -0.39 is 50.3 Å². The smallest absolute Gasteiger partial charge is 0.434 e. The van der Waals surface area contributed by atoms with E-state index in [1.165, 1.54) is 42.7 Å². The molecule has 3 aromatic rings. The quantitative estimate of drug-likeness (QED) is 0.387. The van der Waals surface area contributed by atoms with Gasteiger partial charge in [0.25, 0.3) is 11.8 Å². The van der Waals surface area contributed by atoms with E-state index in [1.807, 2.05) is 13.8 Å². The molecule has 0 radical (unpaired) electrons. The number of carbonyl (C=O) groups excluding carboxylic acids is 1. The molecular formula is C23H22F4N4O3S. The SMILES string of the molecule is Cc1c(C(F)(F)F)nnc(Oc2cc(C(C)C)ccc2F)c1C(=O)Nc1cccc(S(C)(=N)=O)c1. The first-order valence-electron chi connectivity index (χ1n) is 10.3. The first kappa shape index (κ1) is 26.1. The minimum Gasteiger partial charge on any atom is -0.434 e. The summed E-state index contributed by atoms with van der Waals surface area (Å²) in [5.74, 6) is -2.80. The highest BCUT2D eigenvalue weighted by Gasteiger charge is 2.38. The summed E-state index contributed by atoms with van der Waals surface area (Å²) in [4.78, 5) is 13.2. The Balaban J connectivity index is 2.10. The first-order valence-corrected chi connectivity index (χ1v) is 12.2. The first-order chi connectivity index (χ1) is 16.2. The molecular weight excluding hydrogens is 488 g/mol. The third kappa shape index (κ3) is 5.94. The van der Waals surface area contributed by atoms with Gasteiger partial charge in [-0.25, -0.2) is 13.4 Å². The van der Waals surface area contributed by atoms with Gasteiger partial charge in [0.2, 0.25) is 0 Å². The molecule has 0 bridgehead atoms. The number of hydrogen-bond acceptors (Lipinski definition) is 6. The third-order valence-corrected chi connectivity index (χ3v) is 6.20. The molecule has 1 aromatic heterocycles. The molecule has 2 N–H and O–H groups in total. The lowest BCUT2D eigenvalue weighted by Gasteiger charge is -2.17. The van der Waals surface area contributed by atoms with Crippen molar-refractivity contribution in [1.29, 1.82) is 4.78 Å². The Morgan fingerprint density at radius 1 is 1.14 bits per heavy atom. The molecule has 12 heteroatoms. The van der Waals surface area contributed by atoms with Gasteiger partial charge in [0.15, 0.2) is 17.3 Å². The Kier molecular flexibility index (Phi) is 7.16. The predicted molar refractivity (Wildman–Crippen MR) is 122 cm³/mol. The van der Waals surface area contributed by atoms with Gasteiger partial charge in [-0.3, -0.25) is 4.79 Å².